The second-order valence-corrected chi connectivity index (χ2v) is 10.6. The molecule has 0 N–H and O–H groups in total. The molecule has 1 saturated carbocycles. The molecule has 0 amide bonds. The zero-order chi connectivity index (χ0) is 22.4. The first kappa shape index (κ1) is 24.1. The third kappa shape index (κ3) is 6.25. The molecule has 1 heterocycles. The number of carbonyl (C=O) groups excluding carboxylic acids is 1. The summed E-state index contributed by atoms with van der Waals surface area (Å²) in [6.07, 6.45) is 7.55. The lowest BCUT2D eigenvalue weighted by Gasteiger charge is -2.40. The van der Waals surface area contributed by atoms with Crippen molar-refractivity contribution in [3.8, 4) is 0 Å². The topological polar surface area (TPSA) is 32.8 Å². The smallest absolute Gasteiger partial charge is 0.338 e. The van der Waals surface area contributed by atoms with Crippen LogP contribution in [-0.4, -0.2) is 50.2 Å². The summed E-state index contributed by atoms with van der Waals surface area (Å²) in [5, 5.41) is 0. The fraction of sp³-hybridized carbons (Fsp3) is 0.741. The number of unbranched alkanes of at least 4 members (excludes halogenated alkanes) is 1. The van der Waals surface area contributed by atoms with Gasteiger partial charge in [0.05, 0.1) is 12.2 Å². The van der Waals surface area contributed by atoms with Gasteiger partial charge < -0.3 is 9.64 Å². The number of piperazine rings is 1. The largest absolute Gasteiger partial charge is 0.462 e. The minimum Gasteiger partial charge on any atom is -0.462 e. The quantitative estimate of drug-likeness (QED) is 0.491. The van der Waals surface area contributed by atoms with E-state index in [2.05, 4.69) is 49.6 Å². The molecular weight excluding hydrogens is 384 g/mol. The summed E-state index contributed by atoms with van der Waals surface area (Å²) >= 11 is 0. The maximum Gasteiger partial charge on any atom is 0.338 e. The predicted molar refractivity (Wildman–Crippen MR) is 130 cm³/mol. The van der Waals surface area contributed by atoms with Crippen molar-refractivity contribution in [1.29, 1.82) is 0 Å². The second kappa shape index (κ2) is 10.8. The van der Waals surface area contributed by atoms with Gasteiger partial charge in [-0.25, -0.2) is 4.79 Å². The number of esters is 1. The van der Waals surface area contributed by atoms with Gasteiger partial charge in [0.2, 0.25) is 0 Å². The third-order valence-electron chi connectivity index (χ3n) is 7.47. The maximum atomic E-state index is 12.5. The first-order valence-corrected chi connectivity index (χ1v) is 12.6. The first-order valence-electron chi connectivity index (χ1n) is 12.6. The number of carbonyl (C=O) groups is 1. The molecule has 1 aliphatic carbocycles. The minimum absolute atomic E-state index is 0.192. The van der Waals surface area contributed by atoms with E-state index in [1.807, 2.05) is 13.0 Å². The molecule has 0 radical (unpaired) electrons. The zero-order valence-electron chi connectivity index (χ0n) is 20.6. The molecule has 0 unspecified atom stereocenters. The van der Waals surface area contributed by atoms with Crippen molar-refractivity contribution in [2.24, 2.45) is 11.3 Å². The summed E-state index contributed by atoms with van der Waals surface area (Å²) in [4.78, 5) is 17.6. The highest BCUT2D eigenvalue weighted by Gasteiger charge is 2.32. The molecule has 31 heavy (non-hydrogen) atoms. The average Bonchev–Trinajstić information content (AvgIpc) is 2.77. The minimum atomic E-state index is -0.192. The lowest BCUT2D eigenvalue weighted by Crippen LogP contribution is -2.47. The molecule has 1 aliphatic heterocycles. The van der Waals surface area contributed by atoms with Gasteiger partial charge in [0.1, 0.15) is 0 Å². The number of hydrogen-bond donors (Lipinski definition) is 0. The Morgan fingerprint density at radius 2 is 1.71 bits per heavy atom. The molecule has 4 heteroatoms. The van der Waals surface area contributed by atoms with E-state index >= 15 is 0 Å². The van der Waals surface area contributed by atoms with Crippen molar-refractivity contribution in [3.63, 3.8) is 0 Å². The van der Waals surface area contributed by atoms with Crippen molar-refractivity contribution in [1.82, 2.24) is 4.90 Å². The number of benzene rings is 1. The number of rotatable bonds is 7. The Morgan fingerprint density at radius 1 is 1.03 bits per heavy atom. The molecule has 0 spiro atoms. The molecule has 0 bridgehead atoms. The van der Waals surface area contributed by atoms with Crippen molar-refractivity contribution in [2.45, 2.75) is 79.1 Å². The van der Waals surface area contributed by atoms with E-state index < -0.39 is 0 Å². The van der Waals surface area contributed by atoms with Crippen LogP contribution in [0.15, 0.2) is 18.2 Å². The lowest BCUT2D eigenvalue weighted by atomic mass is 9.68. The molecule has 174 valence electrons. The number of hydrogen-bond acceptors (Lipinski definition) is 4. The highest BCUT2D eigenvalue weighted by molar-refractivity contribution is 5.90. The molecule has 0 atom stereocenters. The normalized spacial score (nSPS) is 23.1. The Hall–Kier alpha value is -1.55. The van der Waals surface area contributed by atoms with Crippen molar-refractivity contribution in [3.05, 3.63) is 29.3 Å². The molecule has 1 saturated heterocycles. The Labute approximate surface area is 190 Å². The molecule has 2 fully saturated rings. The number of ether oxygens (including phenoxy) is 1. The van der Waals surface area contributed by atoms with E-state index in [1.54, 1.807) is 0 Å². The Bertz CT molecular complexity index is 708. The van der Waals surface area contributed by atoms with E-state index in [4.69, 9.17) is 4.74 Å². The highest BCUT2D eigenvalue weighted by Crippen LogP contribution is 2.45. The molecule has 1 aromatic rings. The van der Waals surface area contributed by atoms with E-state index in [0.717, 1.165) is 32.1 Å². The molecule has 4 nitrogen and oxygen atoms in total. The SMILES string of the molecule is CCCCN1CCN(c2ccc(C(=O)OCC)cc2C2CCC(C(C)(C)C)CC2)CC1. The van der Waals surface area contributed by atoms with Crippen molar-refractivity contribution in [2.75, 3.05) is 44.2 Å². The number of anilines is 1. The summed E-state index contributed by atoms with van der Waals surface area (Å²) in [6.45, 7) is 17.3. The van der Waals surface area contributed by atoms with Crippen molar-refractivity contribution < 1.29 is 9.53 Å². The summed E-state index contributed by atoms with van der Waals surface area (Å²) in [6, 6.07) is 6.32. The predicted octanol–water partition coefficient (Wildman–Crippen LogP) is 6.11. The van der Waals surface area contributed by atoms with Gasteiger partial charge in [0.15, 0.2) is 0 Å². The van der Waals surface area contributed by atoms with Crippen LogP contribution in [0.4, 0.5) is 5.69 Å². The molecule has 0 aromatic heterocycles. The van der Waals surface area contributed by atoms with Crippen LogP contribution in [0.3, 0.4) is 0 Å². The van der Waals surface area contributed by atoms with Crippen LogP contribution in [-0.2, 0) is 4.74 Å². The van der Waals surface area contributed by atoms with Gasteiger partial charge in [0.25, 0.3) is 0 Å². The van der Waals surface area contributed by atoms with Crippen molar-refractivity contribution >= 4 is 11.7 Å². The van der Waals surface area contributed by atoms with Gasteiger partial charge in [-0.15, -0.1) is 0 Å². The van der Waals surface area contributed by atoms with Crippen LogP contribution in [0.25, 0.3) is 0 Å². The van der Waals surface area contributed by atoms with E-state index in [9.17, 15) is 4.79 Å². The highest BCUT2D eigenvalue weighted by atomic mass is 16.5. The van der Waals surface area contributed by atoms with Crippen LogP contribution in [0.1, 0.15) is 95.0 Å². The molecule has 3 rings (SSSR count). The molecular formula is C27H44N2O2. The van der Waals surface area contributed by atoms with Gasteiger partial charge in [-0.2, -0.15) is 0 Å². The fourth-order valence-corrected chi connectivity index (χ4v) is 5.38. The van der Waals surface area contributed by atoms with Crippen LogP contribution >= 0.6 is 0 Å². The van der Waals surface area contributed by atoms with E-state index in [-0.39, 0.29) is 5.97 Å². The van der Waals surface area contributed by atoms with E-state index in [1.165, 1.54) is 56.3 Å². The van der Waals surface area contributed by atoms with Gasteiger partial charge in [0, 0.05) is 31.9 Å². The zero-order valence-corrected chi connectivity index (χ0v) is 20.6. The Kier molecular flexibility index (Phi) is 8.43. The van der Waals surface area contributed by atoms with Crippen LogP contribution < -0.4 is 4.90 Å². The summed E-state index contributed by atoms with van der Waals surface area (Å²) in [5.74, 6) is 1.15. The standard InChI is InChI=1S/C27H44N2O2/c1-6-8-15-28-16-18-29(19-17-28)25-14-11-22(26(30)31-7-2)20-24(25)21-9-12-23(13-10-21)27(3,4)5/h11,14,20-21,23H,6-10,12-13,15-19H2,1-5H3. The Balaban J connectivity index is 1.78. The third-order valence-corrected chi connectivity index (χ3v) is 7.47. The van der Waals surface area contributed by atoms with E-state index in [0.29, 0.717) is 23.5 Å². The van der Waals surface area contributed by atoms with Crippen LogP contribution in [0.5, 0.6) is 0 Å². The summed E-state index contributed by atoms with van der Waals surface area (Å²) < 4.78 is 5.31. The molecule has 2 aliphatic rings. The monoisotopic (exact) mass is 428 g/mol. The maximum absolute atomic E-state index is 12.5. The lowest BCUT2D eigenvalue weighted by molar-refractivity contribution is 0.0526. The van der Waals surface area contributed by atoms with Gasteiger partial charge in [-0.1, -0.05) is 34.1 Å². The first-order chi connectivity index (χ1) is 14.8. The van der Waals surface area contributed by atoms with Crippen LogP contribution in [0.2, 0.25) is 0 Å². The average molecular weight is 429 g/mol. The summed E-state index contributed by atoms with van der Waals surface area (Å²) in [7, 11) is 0. The van der Waals surface area contributed by atoms with Gasteiger partial charge in [-0.05, 0) is 86.6 Å². The second-order valence-electron chi connectivity index (χ2n) is 10.6. The van der Waals surface area contributed by atoms with Gasteiger partial charge in [-0.3, -0.25) is 4.90 Å². The molecule has 1 aromatic carbocycles. The Morgan fingerprint density at radius 3 is 2.29 bits per heavy atom. The van der Waals surface area contributed by atoms with Gasteiger partial charge >= 0.3 is 5.97 Å². The summed E-state index contributed by atoms with van der Waals surface area (Å²) in [5.41, 5.74) is 3.82. The van der Waals surface area contributed by atoms with Crippen LogP contribution in [0, 0.1) is 11.3 Å². The fourth-order valence-electron chi connectivity index (χ4n) is 5.38. The number of nitrogens with zero attached hydrogens (tertiary/aromatic N) is 2.